The second kappa shape index (κ2) is 12.4. The lowest BCUT2D eigenvalue weighted by molar-refractivity contribution is -0.193. The van der Waals surface area contributed by atoms with Crippen LogP contribution in [0.1, 0.15) is 17.7 Å². The molecule has 15 heteroatoms. The molecule has 0 radical (unpaired) electrons. The van der Waals surface area contributed by atoms with E-state index in [0.29, 0.717) is 6.04 Å². The van der Waals surface area contributed by atoms with Crippen molar-refractivity contribution < 1.29 is 50.9 Å². The summed E-state index contributed by atoms with van der Waals surface area (Å²) in [6.45, 7) is 4.04. The van der Waals surface area contributed by atoms with Crippen LogP contribution in [0.2, 0.25) is 0 Å². The van der Waals surface area contributed by atoms with E-state index in [1.807, 2.05) is 23.6 Å². The number of aliphatic carboxylic acids is 2. The Morgan fingerprint density at radius 3 is 2.28 bits per heavy atom. The molecule has 0 aromatic carbocycles. The minimum Gasteiger partial charge on any atom is -0.475 e. The third-order valence-corrected chi connectivity index (χ3v) is 5.94. The summed E-state index contributed by atoms with van der Waals surface area (Å²) in [7, 11) is 0. The number of alkyl halides is 6. The van der Waals surface area contributed by atoms with Crippen LogP contribution in [0.3, 0.4) is 0 Å². The highest BCUT2D eigenvalue weighted by molar-refractivity contribution is 7.09. The van der Waals surface area contributed by atoms with E-state index in [-0.39, 0.29) is 5.60 Å². The maximum atomic E-state index is 10.6. The topological polar surface area (TPSA) is 112 Å². The van der Waals surface area contributed by atoms with Gasteiger partial charge < -0.3 is 20.3 Å². The third kappa shape index (κ3) is 9.62. The lowest BCUT2D eigenvalue weighted by Gasteiger charge is -2.23. The van der Waals surface area contributed by atoms with Gasteiger partial charge in [-0.05, 0) is 30.0 Å². The molecule has 1 spiro atoms. The van der Waals surface area contributed by atoms with Crippen LogP contribution in [-0.2, 0) is 20.9 Å². The number of hydrogen-bond acceptors (Lipinski definition) is 7. The number of nitrogens with one attached hydrogen (secondary N) is 1. The minimum absolute atomic E-state index is 0.0527. The molecule has 4 heterocycles. The number of ether oxygens (including phenoxy) is 1. The molecule has 2 aliphatic rings. The van der Waals surface area contributed by atoms with E-state index >= 15 is 0 Å². The highest BCUT2D eigenvalue weighted by Gasteiger charge is 2.45. The van der Waals surface area contributed by atoms with Crippen molar-refractivity contribution in [2.75, 3.05) is 25.0 Å². The second-order valence-corrected chi connectivity index (χ2v) is 8.96. The Morgan fingerprint density at radius 1 is 1.14 bits per heavy atom. The Kier molecular flexibility index (Phi) is 10.1. The Morgan fingerprint density at radius 2 is 1.78 bits per heavy atom. The fourth-order valence-electron chi connectivity index (χ4n) is 3.59. The van der Waals surface area contributed by atoms with Crippen molar-refractivity contribution in [3.63, 3.8) is 0 Å². The van der Waals surface area contributed by atoms with Gasteiger partial charge in [-0.1, -0.05) is 6.07 Å². The molecule has 2 atom stereocenters. The Balaban J connectivity index is 0.000000271. The number of carboxylic acid groups (broad SMARTS) is 2. The van der Waals surface area contributed by atoms with Crippen molar-refractivity contribution >= 4 is 29.0 Å². The molecule has 2 saturated heterocycles. The zero-order valence-electron chi connectivity index (χ0n) is 18.6. The predicted octanol–water partition coefficient (Wildman–Crippen LogP) is 4.26. The van der Waals surface area contributed by atoms with Gasteiger partial charge in [-0.25, -0.2) is 9.59 Å². The summed E-state index contributed by atoms with van der Waals surface area (Å²) in [5.41, 5.74) is 1.14. The second-order valence-electron chi connectivity index (χ2n) is 7.93. The van der Waals surface area contributed by atoms with E-state index in [2.05, 4.69) is 38.8 Å². The van der Waals surface area contributed by atoms with Gasteiger partial charge in [0.2, 0.25) is 0 Å². The summed E-state index contributed by atoms with van der Waals surface area (Å²) in [4.78, 5) is 25.9. The van der Waals surface area contributed by atoms with E-state index in [4.69, 9.17) is 24.5 Å². The molecule has 0 aliphatic carbocycles. The fraction of sp³-hybridized carbons (Fsp3) is 0.476. The summed E-state index contributed by atoms with van der Waals surface area (Å²) in [6, 6.07) is 8.77. The molecule has 3 N–H and O–H groups in total. The lowest BCUT2D eigenvalue weighted by Crippen LogP contribution is -2.33. The van der Waals surface area contributed by atoms with Crippen molar-refractivity contribution in [2.45, 2.75) is 43.4 Å². The molecule has 2 aliphatic heterocycles. The van der Waals surface area contributed by atoms with Gasteiger partial charge >= 0.3 is 24.3 Å². The van der Waals surface area contributed by atoms with E-state index in [1.165, 1.54) is 4.88 Å². The van der Waals surface area contributed by atoms with E-state index in [0.717, 1.165) is 44.8 Å². The number of likely N-dealkylation sites (tertiary alicyclic amines) is 1. The van der Waals surface area contributed by atoms with Crippen LogP contribution in [0.25, 0.3) is 0 Å². The number of aromatic nitrogens is 1. The molecule has 2 aromatic rings. The number of hydrogen-bond donors (Lipinski definition) is 3. The zero-order chi connectivity index (χ0) is 27.0. The van der Waals surface area contributed by atoms with E-state index in [1.54, 1.807) is 6.20 Å². The van der Waals surface area contributed by atoms with Gasteiger partial charge in [0.05, 0.1) is 23.9 Å². The molecular weight excluding hydrogens is 520 g/mol. The summed E-state index contributed by atoms with van der Waals surface area (Å²) >= 11 is 1.84. The van der Waals surface area contributed by atoms with Crippen LogP contribution in [0.4, 0.5) is 32.0 Å². The number of carboxylic acids is 2. The first kappa shape index (κ1) is 29.3. The first-order chi connectivity index (χ1) is 16.7. The van der Waals surface area contributed by atoms with Gasteiger partial charge in [-0.3, -0.25) is 9.88 Å². The Labute approximate surface area is 205 Å². The number of nitrogens with zero attached hydrogens (tertiary/aromatic N) is 2. The largest absolute Gasteiger partial charge is 0.490 e. The van der Waals surface area contributed by atoms with Gasteiger partial charge in [0.15, 0.2) is 0 Å². The maximum Gasteiger partial charge on any atom is 0.490 e. The molecule has 36 heavy (non-hydrogen) atoms. The Bertz CT molecular complexity index is 951. The normalized spacial score (nSPS) is 21.8. The number of pyridine rings is 1. The van der Waals surface area contributed by atoms with Crippen LogP contribution < -0.4 is 5.32 Å². The smallest absolute Gasteiger partial charge is 0.475 e. The molecule has 2 fully saturated rings. The van der Waals surface area contributed by atoms with Gasteiger partial charge in [-0.15, -0.1) is 11.3 Å². The van der Waals surface area contributed by atoms with Gasteiger partial charge in [0.25, 0.3) is 0 Å². The van der Waals surface area contributed by atoms with Crippen LogP contribution in [-0.4, -0.2) is 75.7 Å². The van der Waals surface area contributed by atoms with Crippen LogP contribution in [0.15, 0.2) is 42.0 Å². The van der Waals surface area contributed by atoms with Gasteiger partial charge in [0, 0.05) is 43.3 Å². The van der Waals surface area contributed by atoms with Crippen molar-refractivity contribution in [1.82, 2.24) is 9.88 Å². The highest BCUT2D eigenvalue weighted by atomic mass is 32.1. The average molecular weight is 543 g/mol. The molecule has 8 nitrogen and oxygen atoms in total. The lowest BCUT2D eigenvalue weighted by atomic mass is 9.97. The average Bonchev–Trinajstić information content (AvgIpc) is 3.52. The maximum absolute atomic E-state index is 10.6. The van der Waals surface area contributed by atoms with Crippen LogP contribution in [0.5, 0.6) is 0 Å². The first-order valence-corrected chi connectivity index (χ1v) is 11.2. The third-order valence-electron chi connectivity index (χ3n) is 5.08. The number of carbonyl (C=O) groups is 2. The van der Waals surface area contributed by atoms with Gasteiger partial charge in [-0.2, -0.15) is 26.3 Å². The first-order valence-electron chi connectivity index (χ1n) is 10.4. The zero-order valence-corrected chi connectivity index (χ0v) is 19.4. The summed E-state index contributed by atoms with van der Waals surface area (Å²) < 4.78 is 69.7. The molecule has 2 unspecified atom stereocenters. The summed E-state index contributed by atoms with van der Waals surface area (Å²) in [5.74, 6) is -5.51. The summed E-state index contributed by atoms with van der Waals surface area (Å²) in [6.07, 6.45) is -4.26. The number of anilines is 1. The molecule has 0 saturated carbocycles. The van der Waals surface area contributed by atoms with Crippen LogP contribution in [0, 0.1) is 0 Å². The quantitative estimate of drug-likeness (QED) is 0.491. The molecule has 0 amide bonds. The van der Waals surface area contributed by atoms with E-state index in [9.17, 15) is 26.3 Å². The molecule has 2 aromatic heterocycles. The standard InChI is InChI=1S/C17H21N3OS.2C2HF3O2/c1-3-14(10-18-6-1)19-15-9-17(21-12-15)5-7-20(13-17)11-16-4-2-8-22-16;2*3-2(4,5)1(6)7/h1-4,6,8,10,15,19H,5,7,9,11-13H2;2*(H,6,7). The minimum atomic E-state index is -5.08. The molecular formula is C21H23F6N3O5S. The predicted molar refractivity (Wildman–Crippen MR) is 117 cm³/mol. The number of halogens is 6. The number of rotatable bonds is 4. The van der Waals surface area contributed by atoms with Crippen LogP contribution >= 0.6 is 11.3 Å². The summed E-state index contributed by atoms with van der Waals surface area (Å²) in [5, 5.41) is 20.0. The fourth-order valence-corrected chi connectivity index (χ4v) is 4.34. The monoisotopic (exact) mass is 543 g/mol. The number of thiophene rings is 1. The molecule has 200 valence electrons. The molecule has 4 rings (SSSR count). The van der Waals surface area contributed by atoms with Crippen molar-refractivity contribution in [3.8, 4) is 0 Å². The highest BCUT2D eigenvalue weighted by Crippen LogP contribution is 2.36. The van der Waals surface area contributed by atoms with Crippen molar-refractivity contribution in [3.05, 3.63) is 46.9 Å². The van der Waals surface area contributed by atoms with Gasteiger partial charge in [0.1, 0.15) is 0 Å². The van der Waals surface area contributed by atoms with Crippen molar-refractivity contribution in [1.29, 1.82) is 0 Å². The van der Waals surface area contributed by atoms with E-state index < -0.39 is 24.3 Å². The SMILES string of the molecule is O=C(O)C(F)(F)F.O=C(O)C(F)(F)F.c1cncc(NC2COC3(CCN(Cc4cccs4)C3)C2)c1. The van der Waals surface area contributed by atoms with Crippen molar-refractivity contribution in [2.24, 2.45) is 0 Å². The molecule has 0 bridgehead atoms. The Hall–Kier alpha value is -2.91.